The minimum absolute atomic E-state index is 0.0236. The van der Waals surface area contributed by atoms with Crippen molar-refractivity contribution < 1.29 is 19.1 Å². The van der Waals surface area contributed by atoms with E-state index in [1.165, 1.54) is 12.1 Å². The van der Waals surface area contributed by atoms with Crippen LogP contribution in [0.15, 0.2) is 16.5 Å². The summed E-state index contributed by atoms with van der Waals surface area (Å²) in [6.45, 7) is 5.90. The molecule has 0 fully saturated rings. The number of amides is 1. The number of nitrogens with one attached hydrogen (secondary N) is 1. The van der Waals surface area contributed by atoms with Gasteiger partial charge in [-0.3, -0.25) is 4.79 Å². The van der Waals surface area contributed by atoms with Crippen LogP contribution in [0.2, 0.25) is 0 Å². The highest BCUT2D eigenvalue weighted by Gasteiger charge is 2.24. The Bertz CT molecular complexity index is 418. The van der Waals surface area contributed by atoms with E-state index in [9.17, 15) is 9.59 Å². The van der Waals surface area contributed by atoms with Crippen LogP contribution in [0.4, 0.5) is 0 Å². The topological polar surface area (TPSA) is 79.5 Å². The average Bonchev–Trinajstić information content (AvgIpc) is 2.78. The fraction of sp³-hybridized carbons (Fsp3) is 0.500. The summed E-state index contributed by atoms with van der Waals surface area (Å²) in [7, 11) is 0. The fourth-order valence-corrected chi connectivity index (χ4v) is 1.34. The third kappa shape index (κ3) is 3.09. The summed E-state index contributed by atoms with van der Waals surface area (Å²) in [5.74, 6) is -1.78. The lowest BCUT2D eigenvalue weighted by atomic mass is 9.95. The van der Waals surface area contributed by atoms with Crippen molar-refractivity contribution in [3.05, 3.63) is 23.7 Å². The molecule has 0 bridgehead atoms. The SMILES string of the molecule is CCC(C)(CC)NC(=O)c1ccc(C(=O)O)o1. The van der Waals surface area contributed by atoms with Crippen LogP contribution in [-0.4, -0.2) is 22.5 Å². The maximum Gasteiger partial charge on any atom is 0.371 e. The molecule has 0 aliphatic heterocycles. The minimum atomic E-state index is -1.18. The van der Waals surface area contributed by atoms with Crippen molar-refractivity contribution in [3.8, 4) is 0 Å². The molecule has 0 atom stereocenters. The number of carbonyl (C=O) groups is 2. The first-order valence-corrected chi connectivity index (χ1v) is 5.57. The summed E-state index contributed by atoms with van der Waals surface area (Å²) in [5, 5.41) is 11.5. The van der Waals surface area contributed by atoms with Gasteiger partial charge in [-0.1, -0.05) is 13.8 Å². The molecule has 1 heterocycles. The second-order valence-corrected chi connectivity index (χ2v) is 4.19. The molecule has 5 nitrogen and oxygen atoms in total. The number of carboxylic acids is 1. The van der Waals surface area contributed by atoms with Crippen molar-refractivity contribution in [1.82, 2.24) is 5.32 Å². The first-order valence-electron chi connectivity index (χ1n) is 5.57. The van der Waals surface area contributed by atoms with Crippen LogP contribution in [-0.2, 0) is 0 Å². The van der Waals surface area contributed by atoms with E-state index in [-0.39, 0.29) is 23.0 Å². The largest absolute Gasteiger partial charge is 0.475 e. The van der Waals surface area contributed by atoms with Crippen molar-refractivity contribution in [1.29, 1.82) is 0 Å². The molecule has 5 heteroatoms. The molecule has 1 rings (SSSR count). The highest BCUT2D eigenvalue weighted by atomic mass is 16.4. The lowest BCUT2D eigenvalue weighted by Gasteiger charge is -2.27. The molecule has 94 valence electrons. The van der Waals surface area contributed by atoms with Gasteiger partial charge in [0, 0.05) is 5.54 Å². The number of carboxylic acid groups (broad SMARTS) is 1. The summed E-state index contributed by atoms with van der Waals surface area (Å²) >= 11 is 0. The molecule has 0 aromatic carbocycles. The Labute approximate surface area is 99.8 Å². The van der Waals surface area contributed by atoms with Crippen LogP contribution >= 0.6 is 0 Å². The van der Waals surface area contributed by atoms with Crippen LogP contribution in [0.3, 0.4) is 0 Å². The Hall–Kier alpha value is -1.78. The van der Waals surface area contributed by atoms with E-state index < -0.39 is 5.97 Å². The molecule has 2 N–H and O–H groups in total. The van der Waals surface area contributed by atoms with Gasteiger partial charge in [-0.2, -0.15) is 0 Å². The quantitative estimate of drug-likeness (QED) is 0.826. The predicted molar refractivity (Wildman–Crippen MR) is 62.1 cm³/mol. The standard InChI is InChI=1S/C12H17NO4/c1-4-12(3,5-2)13-10(14)8-6-7-9(17-8)11(15)16/h6-7H,4-5H2,1-3H3,(H,13,14)(H,15,16). The van der Waals surface area contributed by atoms with Crippen molar-refractivity contribution in [2.75, 3.05) is 0 Å². The van der Waals surface area contributed by atoms with Gasteiger partial charge in [-0.15, -0.1) is 0 Å². The van der Waals surface area contributed by atoms with E-state index in [4.69, 9.17) is 9.52 Å². The van der Waals surface area contributed by atoms with Crippen LogP contribution in [0.25, 0.3) is 0 Å². The molecule has 0 radical (unpaired) electrons. The molecular formula is C12H17NO4. The third-order valence-electron chi connectivity index (χ3n) is 3.02. The molecular weight excluding hydrogens is 222 g/mol. The Morgan fingerprint density at radius 3 is 2.24 bits per heavy atom. The average molecular weight is 239 g/mol. The Morgan fingerprint density at radius 1 is 1.29 bits per heavy atom. The van der Waals surface area contributed by atoms with E-state index in [1.54, 1.807) is 0 Å². The van der Waals surface area contributed by atoms with Crippen molar-refractivity contribution >= 4 is 11.9 Å². The molecule has 17 heavy (non-hydrogen) atoms. The zero-order valence-corrected chi connectivity index (χ0v) is 10.2. The zero-order valence-electron chi connectivity index (χ0n) is 10.2. The molecule has 0 unspecified atom stereocenters. The van der Waals surface area contributed by atoms with Crippen LogP contribution in [0.1, 0.15) is 54.7 Å². The van der Waals surface area contributed by atoms with Gasteiger partial charge in [0.1, 0.15) is 0 Å². The second kappa shape index (κ2) is 5.03. The van der Waals surface area contributed by atoms with Crippen molar-refractivity contribution in [3.63, 3.8) is 0 Å². The lowest BCUT2D eigenvalue weighted by molar-refractivity contribution is 0.0659. The molecule has 0 saturated carbocycles. The second-order valence-electron chi connectivity index (χ2n) is 4.19. The van der Waals surface area contributed by atoms with Gasteiger partial charge in [0.15, 0.2) is 5.76 Å². The number of hydrogen-bond acceptors (Lipinski definition) is 3. The number of hydrogen-bond donors (Lipinski definition) is 2. The molecule has 0 aliphatic carbocycles. The van der Waals surface area contributed by atoms with E-state index in [0.29, 0.717) is 0 Å². The molecule has 0 spiro atoms. The molecule has 1 amide bonds. The summed E-state index contributed by atoms with van der Waals surface area (Å²) < 4.78 is 4.93. The van der Waals surface area contributed by atoms with Gasteiger partial charge in [0.05, 0.1) is 0 Å². The van der Waals surface area contributed by atoms with Gasteiger partial charge in [-0.05, 0) is 31.9 Å². The van der Waals surface area contributed by atoms with Crippen LogP contribution in [0, 0.1) is 0 Å². The first-order chi connectivity index (χ1) is 7.91. The number of carbonyl (C=O) groups excluding carboxylic acids is 1. The Balaban J connectivity index is 2.79. The van der Waals surface area contributed by atoms with Gasteiger partial charge in [-0.25, -0.2) is 4.79 Å². The summed E-state index contributed by atoms with van der Waals surface area (Å²) in [5.41, 5.74) is -0.298. The Kier molecular flexibility index (Phi) is 3.93. The van der Waals surface area contributed by atoms with Gasteiger partial charge in [0.2, 0.25) is 5.76 Å². The van der Waals surface area contributed by atoms with Crippen LogP contribution < -0.4 is 5.32 Å². The number of aromatic carboxylic acids is 1. The lowest BCUT2D eigenvalue weighted by Crippen LogP contribution is -2.44. The Morgan fingerprint density at radius 2 is 1.82 bits per heavy atom. The maximum atomic E-state index is 11.8. The predicted octanol–water partition coefficient (Wildman–Crippen LogP) is 2.29. The van der Waals surface area contributed by atoms with Gasteiger partial charge >= 0.3 is 5.97 Å². The smallest absolute Gasteiger partial charge is 0.371 e. The minimum Gasteiger partial charge on any atom is -0.475 e. The fourth-order valence-electron chi connectivity index (χ4n) is 1.34. The van der Waals surface area contributed by atoms with E-state index in [2.05, 4.69) is 5.32 Å². The number of furan rings is 1. The van der Waals surface area contributed by atoms with E-state index in [1.807, 2.05) is 20.8 Å². The summed E-state index contributed by atoms with van der Waals surface area (Å²) in [6, 6.07) is 2.64. The van der Waals surface area contributed by atoms with Crippen molar-refractivity contribution in [2.45, 2.75) is 39.2 Å². The normalized spacial score (nSPS) is 11.2. The first kappa shape index (κ1) is 13.3. The van der Waals surface area contributed by atoms with E-state index >= 15 is 0 Å². The van der Waals surface area contributed by atoms with Gasteiger partial charge in [0.25, 0.3) is 5.91 Å². The summed E-state index contributed by atoms with van der Waals surface area (Å²) in [6.07, 6.45) is 1.59. The highest BCUT2D eigenvalue weighted by Crippen LogP contribution is 2.15. The maximum absolute atomic E-state index is 11.8. The zero-order chi connectivity index (χ0) is 13.1. The van der Waals surface area contributed by atoms with Crippen molar-refractivity contribution in [2.24, 2.45) is 0 Å². The summed E-state index contributed by atoms with van der Waals surface area (Å²) in [4.78, 5) is 22.4. The van der Waals surface area contributed by atoms with Crippen LogP contribution in [0.5, 0.6) is 0 Å². The molecule has 0 aliphatic rings. The van der Waals surface area contributed by atoms with Gasteiger partial charge < -0.3 is 14.8 Å². The number of rotatable bonds is 5. The third-order valence-corrected chi connectivity index (χ3v) is 3.02. The molecule has 0 saturated heterocycles. The molecule has 1 aromatic heterocycles. The highest BCUT2D eigenvalue weighted by molar-refractivity contribution is 5.93. The monoisotopic (exact) mass is 239 g/mol. The van der Waals surface area contributed by atoms with E-state index in [0.717, 1.165) is 12.8 Å². The molecule has 1 aromatic rings.